The Balaban J connectivity index is 2.37. The maximum atomic E-state index is 13.7. The number of hydrogen-bond donors (Lipinski definition) is 1. The molecule has 0 aliphatic rings. The lowest BCUT2D eigenvalue weighted by atomic mass is 9.95. The van der Waals surface area contributed by atoms with Gasteiger partial charge in [-0.05, 0) is 43.5 Å². The molecule has 2 aromatic rings. The second kappa shape index (κ2) is 6.22. The predicted molar refractivity (Wildman–Crippen MR) is 79.5 cm³/mol. The smallest absolute Gasteiger partial charge is 0.129 e. The minimum absolute atomic E-state index is 0.00489. The van der Waals surface area contributed by atoms with Crippen molar-refractivity contribution in [2.45, 2.75) is 26.3 Å². The van der Waals surface area contributed by atoms with Crippen LogP contribution >= 0.6 is 0 Å². The highest BCUT2D eigenvalue weighted by Gasteiger charge is 2.19. The Bertz CT molecular complexity index is 635. The van der Waals surface area contributed by atoms with E-state index in [9.17, 15) is 8.78 Å². The predicted octanol–water partition coefficient (Wildman–Crippen LogP) is 3.83. The molecule has 2 rings (SSSR count). The Morgan fingerprint density at radius 2 is 1.71 bits per heavy atom. The van der Waals surface area contributed by atoms with Crippen molar-refractivity contribution in [3.05, 3.63) is 64.2 Å². The molecule has 0 saturated carbocycles. The highest BCUT2D eigenvalue weighted by Crippen LogP contribution is 2.32. The number of rotatable bonds is 4. The van der Waals surface area contributed by atoms with Crippen molar-refractivity contribution in [2.24, 2.45) is 5.73 Å². The van der Waals surface area contributed by atoms with Gasteiger partial charge in [-0.3, -0.25) is 0 Å². The van der Waals surface area contributed by atoms with Crippen LogP contribution in [-0.2, 0) is 6.42 Å². The van der Waals surface area contributed by atoms with Gasteiger partial charge in [-0.2, -0.15) is 0 Å². The summed E-state index contributed by atoms with van der Waals surface area (Å²) in [5.74, 6) is -0.472. The monoisotopic (exact) mass is 291 g/mol. The Labute approximate surface area is 123 Å². The zero-order chi connectivity index (χ0) is 15.6. The van der Waals surface area contributed by atoms with E-state index >= 15 is 0 Å². The van der Waals surface area contributed by atoms with Crippen molar-refractivity contribution in [2.75, 3.05) is 7.11 Å². The molecule has 2 aromatic carbocycles. The summed E-state index contributed by atoms with van der Waals surface area (Å²) >= 11 is 0. The Hall–Kier alpha value is -1.94. The molecule has 0 aliphatic heterocycles. The fraction of sp³-hybridized carbons (Fsp3) is 0.294. The first kappa shape index (κ1) is 15.4. The molecule has 1 unspecified atom stereocenters. The van der Waals surface area contributed by atoms with Crippen molar-refractivity contribution in [1.82, 2.24) is 0 Å². The minimum atomic E-state index is -0.576. The van der Waals surface area contributed by atoms with Gasteiger partial charge in [0.05, 0.1) is 7.11 Å². The van der Waals surface area contributed by atoms with Crippen LogP contribution in [0.25, 0.3) is 0 Å². The van der Waals surface area contributed by atoms with Gasteiger partial charge in [0.1, 0.15) is 17.4 Å². The summed E-state index contributed by atoms with van der Waals surface area (Å²) in [6.07, 6.45) is 0.0807. The summed E-state index contributed by atoms with van der Waals surface area (Å²) in [6.45, 7) is 3.91. The summed E-state index contributed by atoms with van der Waals surface area (Å²) in [5, 5.41) is 0. The molecule has 2 N–H and O–H groups in total. The topological polar surface area (TPSA) is 35.2 Å². The van der Waals surface area contributed by atoms with E-state index in [0.717, 1.165) is 16.7 Å². The molecule has 0 spiro atoms. The summed E-state index contributed by atoms with van der Waals surface area (Å²) in [6, 6.07) is 7.07. The number of ether oxygens (including phenoxy) is 1. The first-order chi connectivity index (χ1) is 9.95. The molecule has 0 fully saturated rings. The van der Waals surface area contributed by atoms with E-state index in [1.807, 2.05) is 26.0 Å². The molecule has 0 radical (unpaired) electrons. The fourth-order valence-corrected chi connectivity index (χ4v) is 2.43. The van der Waals surface area contributed by atoms with E-state index in [4.69, 9.17) is 10.5 Å². The molecule has 112 valence electrons. The largest absolute Gasteiger partial charge is 0.496 e. The van der Waals surface area contributed by atoms with Crippen LogP contribution in [0, 0.1) is 25.5 Å². The summed E-state index contributed by atoms with van der Waals surface area (Å²) in [7, 11) is 1.57. The molecule has 0 aliphatic carbocycles. The third-order valence-electron chi connectivity index (χ3n) is 3.80. The van der Waals surface area contributed by atoms with E-state index in [-0.39, 0.29) is 12.0 Å². The lowest BCUT2D eigenvalue weighted by molar-refractivity contribution is 0.401. The minimum Gasteiger partial charge on any atom is -0.496 e. The highest BCUT2D eigenvalue weighted by molar-refractivity contribution is 5.47. The maximum absolute atomic E-state index is 13.7. The molecule has 0 saturated heterocycles. The molecule has 1 atom stereocenters. The number of nitrogens with two attached hydrogens (primary N) is 1. The van der Waals surface area contributed by atoms with E-state index < -0.39 is 17.7 Å². The molecule has 0 heterocycles. The quantitative estimate of drug-likeness (QED) is 0.929. The van der Waals surface area contributed by atoms with Crippen molar-refractivity contribution >= 4 is 0 Å². The molecule has 0 bridgehead atoms. The summed E-state index contributed by atoms with van der Waals surface area (Å²) < 4.78 is 32.9. The average Bonchev–Trinajstić information content (AvgIpc) is 2.45. The number of hydrogen-bond acceptors (Lipinski definition) is 2. The lowest BCUT2D eigenvalue weighted by Crippen LogP contribution is -2.17. The van der Waals surface area contributed by atoms with Crippen LogP contribution in [0.5, 0.6) is 5.75 Å². The second-order valence-electron chi connectivity index (χ2n) is 5.14. The van der Waals surface area contributed by atoms with Gasteiger partial charge in [-0.25, -0.2) is 8.78 Å². The normalized spacial score (nSPS) is 12.3. The van der Waals surface area contributed by atoms with Gasteiger partial charge in [-0.15, -0.1) is 0 Å². The Morgan fingerprint density at radius 1 is 1.10 bits per heavy atom. The Morgan fingerprint density at radius 3 is 2.29 bits per heavy atom. The van der Waals surface area contributed by atoms with Gasteiger partial charge in [0, 0.05) is 17.2 Å². The summed E-state index contributed by atoms with van der Waals surface area (Å²) in [4.78, 5) is 0. The maximum Gasteiger partial charge on any atom is 0.129 e. The van der Waals surface area contributed by atoms with Gasteiger partial charge in [0.15, 0.2) is 0 Å². The highest BCUT2D eigenvalue weighted by atomic mass is 19.1. The standard InChI is InChI=1S/C17H19F2NO/c1-10-7-8-12(17(21-3)11(10)2)16(20)9-13-14(18)5-4-6-15(13)19/h4-8,16H,9,20H2,1-3H3. The zero-order valence-electron chi connectivity index (χ0n) is 12.4. The van der Waals surface area contributed by atoms with Gasteiger partial charge in [0.25, 0.3) is 0 Å². The van der Waals surface area contributed by atoms with Crippen molar-refractivity contribution in [3.8, 4) is 5.75 Å². The van der Waals surface area contributed by atoms with Crippen molar-refractivity contribution in [1.29, 1.82) is 0 Å². The van der Waals surface area contributed by atoms with Crippen LogP contribution in [0.4, 0.5) is 8.78 Å². The number of benzene rings is 2. The van der Waals surface area contributed by atoms with E-state index in [1.165, 1.54) is 18.2 Å². The van der Waals surface area contributed by atoms with Crippen LogP contribution in [0.3, 0.4) is 0 Å². The van der Waals surface area contributed by atoms with Crippen LogP contribution in [0.1, 0.15) is 28.3 Å². The lowest BCUT2D eigenvalue weighted by Gasteiger charge is -2.19. The number of aryl methyl sites for hydroxylation is 1. The van der Waals surface area contributed by atoms with Gasteiger partial charge in [0.2, 0.25) is 0 Å². The van der Waals surface area contributed by atoms with Gasteiger partial charge < -0.3 is 10.5 Å². The van der Waals surface area contributed by atoms with Crippen LogP contribution in [0.15, 0.2) is 30.3 Å². The average molecular weight is 291 g/mol. The summed E-state index contributed by atoms with van der Waals surface area (Å²) in [5.41, 5.74) is 8.97. The number of methoxy groups -OCH3 is 1. The molecular formula is C17H19F2NO. The molecule has 4 heteroatoms. The first-order valence-corrected chi connectivity index (χ1v) is 6.78. The fourth-order valence-electron chi connectivity index (χ4n) is 2.43. The van der Waals surface area contributed by atoms with Gasteiger partial charge >= 0.3 is 0 Å². The third-order valence-corrected chi connectivity index (χ3v) is 3.80. The van der Waals surface area contributed by atoms with E-state index in [1.54, 1.807) is 7.11 Å². The first-order valence-electron chi connectivity index (χ1n) is 6.78. The van der Waals surface area contributed by atoms with Crippen LogP contribution < -0.4 is 10.5 Å². The third kappa shape index (κ3) is 3.05. The van der Waals surface area contributed by atoms with Crippen molar-refractivity contribution < 1.29 is 13.5 Å². The van der Waals surface area contributed by atoms with Crippen LogP contribution in [-0.4, -0.2) is 7.11 Å². The second-order valence-corrected chi connectivity index (χ2v) is 5.14. The number of halogens is 2. The SMILES string of the molecule is COc1c(C(N)Cc2c(F)cccc2F)ccc(C)c1C. The van der Waals surface area contributed by atoms with E-state index in [2.05, 4.69) is 0 Å². The molecule has 0 aromatic heterocycles. The zero-order valence-corrected chi connectivity index (χ0v) is 12.4. The van der Waals surface area contributed by atoms with Crippen molar-refractivity contribution in [3.63, 3.8) is 0 Å². The molecular weight excluding hydrogens is 272 g/mol. The Kier molecular flexibility index (Phi) is 4.58. The van der Waals surface area contributed by atoms with E-state index in [0.29, 0.717) is 5.75 Å². The van der Waals surface area contributed by atoms with Crippen LogP contribution in [0.2, 0.25) is 0 Å². The molecule has 2 nitrogen and oxygen atoms in total. The molecule has 0 amide bonds. The van der Waals surface area contributed by atoms with Gasteiger partial charge in [-0.1, -0.05) is 18.2 Å². The molecule has 21 heavy (non-hydrogen) atoms.